The van der Waals surface area contributed by atoms with E-state index in [1.165, 1.54) is 4.68 Å². The Morgan fingerprint density at radius 2 is 2.10 bits per heavy atom. The Bertz CT molecular complexity index is 610. The predicted octanol–water partition coefficient (Wildman–Crippen LogP) is 1.00. The summed E-state index contributed by atoms with van der Waals surface area (Å²) < 4.78 is 28.6. The fourth-order valence-corrected chi connectivity index (χ4v) is 4.44. The lowest BCUT2D eigenvalue weighted by Gasteiger charge is -2.13. The van der Waals surface area contributed by atoms with E-state index in [0.717, 1.165) is 5.75 Å². The van der Waals surface area contributed by atoms with Crippen LogP contribution in [0.4, 0.5) is 0 Å². The van der Waals surface area contributed by atoms with Crippen LogP contribution in [-0.2, 0) is 21.4 Å². The zero-order chi connectivity index (χ0) is 16.2. The zero-order valence-corrected chi connectivity index (χ0v) is 14.2. The topological polar surface area (TPSA) is 101 Å². The number of aliphatic carboxylic acids is 1. The Hall–Kier alpha value is -1.06. The molecule has 0 aliphatic rings. The van der Waals surface area contributed by atoms with Gasteiger partial charge in [0.25, 0.3) is 0 Å². The lowest BCUT2D eigenvalue weighted by Crippen LogP contribution is -2.35. The molecule has 0 amide bonds. The van der Waals surface area contributed by atoms with Crippen LogP contribution in [0.15, 0.2) is 4.90 Å². The molecule has 0 saturated heterocycles. The zero-order valence-electron chi connectivity index (χ0n) is 12.6. The van der Waals surface area contributed by atoms with Gasteiger partial charge in [-0.25, -0.2) is 13.1 Å². The minimum atomic E-state index is -3.71. The van der Waals surface area contributed by atoms with Gasteiger partial charge in [0.05, 0.1) is 11.4 Å². The van der Waals surface area contributed by atoms with Gasteiger partial charge in [-0.05, 0) is 26.5 Å². The summed E-state index contributed by atoms with van der Waals surface area (Å²) in [4.78, 5) is 10.8. The molecular formula is C12H21N3O4S2. The van der Waals surface area contributed by atoms with E-state index < -0.39 is 16.0 Å². The molecule has 0 aliphatic heterocycles. The van der Waals surface area contributed by atoms with Gasteiger partial charge in [0.1, 0.15) is 11.4 Å². The van der Waals surface area contributed by atoms with Crippen molar-refractivity contribution in [1.29, 1.82) is 0 Å². The molecule has 9 heteroatoms. The lowest BCUT2D eigenvalue weighted by molar-refractivity contribution is -0.137. The molecule has 1 unspecified atom stereocenters. The maximum Gasteiger partial charge on any atom is 0.325 e. The molecule has 0 aliphatic carbocycles. The largest absolute Gasteiger partial charge is 0.480 e. The summed E-state index contributed by atoms with van der Waals surface area (Å²) in [5, 5.41) is 12.8. The maximum atomic E-state index is 12.4. The first-order valence-corrected chi connectivity index (χ1v) is 9.18. The number of thioether (sulfide) groups is 1. The van der Waals surface area contributed by atoms with Crippen LogP contribution < -0.4 is 4.72 Å². The van der Waals surface area contributed by atoms with Crippen molar-refractivity contribution in [2.24, 2.45) is 0 Å². The van der Waals surface area contributed by atoms with Gasteiger partial charge in [-0.2, -0.15) is 16.9 Å². The third-order valence-electron chi connectivity index (χ3n) is 2.80. The van der Waals surface area contributed by atoms with Crippen LogP contribution in [0.3, 0.4) is 0 Å². The third-order valence-corrected chi connectivity index (χ3v) is 5.78. The van der Waals surface area contributed by atoms with Crippen LogP contribution in [0, 0.1) is 13.8 Å². The predicted molar refractivity (Wildman–Crippen MR) is 82.1 cm³/mol. The van der Waals surface area contributed by atoms with E-state index in [-0.39, 0.29) is 17.5 Å². The Labute approximate surface area is 129 Å². The van der Waals surface area contributed by atoms with Crippen LogP contribution in [0.25, 0.3) is 0 Å². The van der Waals surface area contributed by atoms with Crippen molar-refractivity contribution in [2.75, 3.05) is 11.5 Å². The minimum absolute atomic E-state index is 0.0668. The summed E-state index contributed by atoms with van der Waals surface area (Å²) in [6, 6.07) is -0.207. The first-order chi connectivity index (χ1) is 9.69. The van der Waals surface area contributed by atoms with E-state index in [2.05, 4.69) is 9.82 Å². The second-order valence-corrected chi connectivity index (χ2v) is 7.70. The Morgan fingerprint density at radius 1 is 1.48 bits per heavy atom. The summed E-state index contributed by atoms with van der Waals surface area (Å²) >= 11 is 1.65. The number of hydrogen-bond acceptors (Lipinski definition) is 5. The van der Waals surface area contributed by atoms with Crippen molar-refractivity contribution in [2.45, 2.75) is 45.2 Å². The summed E-state index contributed by atoms with van der Waals surface area (Å²) in [6.07, 6.45) is 0. The number of nitrogens with one attached hydrogen (secondary N) is 1. The van der Waals surface area contributed by atoms with Gasteiger partial charge in [0.2, 0.25) is 10.0 Å². The van der Waals surface area contributed by atoms with Gasteiger partial charge >= 0.3 is 5.97 Å². The highest BCUT2D eigenvalue weighted by Gasteiger charge is 2.26. The number of aryl methyl sites for hydroxylation is 1. The number of sulfonamides is 1. The number of hydrogen-bond donors (Lipinski definition) is 2. The molecule has 0 radical (unpaired) electrons. The average molecular weight is 335 g/mol. The molecule has 0 bridgehead atoms. The van der Waals surface area contributed by atoms with Gasteiger partial charge in [0.15, 0.2) is 0 Å². The average Bonchev–Trinajstić information content (AvgIpc) is 2.60. The highest BCUT2D eigenvalue weighted by molar-refractivity contribution is 7.99. The lowest BCUT2D eigenvalue weighted by atomic mass is 10.4. The molecule has 1 atom stereocenters. The quantitative estimate of drug-likeness (QED) is 0.735. The summed E-state index contributed by atoms with van der Waals surface area (Å²) in [5.74, 6) is 0.530. The molecule has 0 aromatic carbocycles. The van der Waals surface area contributed by atoms with Gasteiger partial charge in [-0.15, -0.1) is 0 Å². The number of nitrogens with zero attached hydrogens (tertiary/aromatic N) is 2. The molecular weight excluding hydrogens is 314 g/mol. The standard InChI is InChI=1S/C12H21N3O4S2/c1-5-20-7-8(2)14-21(18,19)12-9(3)13-15(10(12)4)6-11(16)17/h8,14H,5-7H2,1-4H3,(H,16,17). The molecule has 2 N–H and O–H groups in total. The number of carboxylic acids is 1. The Balaban J connectivity index is 3.03. The van der Waals surface area contributed by atoms with Crippen LogP contribution in [0.5, 0.6) is 0 Å². The van der Waals surface area contributed by atoms with Crippen molar-refractivity contribution in [3.63, 3.8) is 0 Å². The van der Waals surface area contributed by atoms with Crippen molar-refractivity contribution >= 4 is 27.8 Å². The van der Waals surface area contributed by atoms with E-state index in [1.54, 1.807) is 32.5 Å². The summed E-state index contributed by atoms with van der Waals surface area (Å²) in [5.41, 5.74) is 0.634. The molecule has 120 valence electrons. The molecule has 0 spiro atoms. The van der Waals surface area contributed by atoms with Crippen molar-refractivity contribution in [3.05, 3.63) is 11.4 Å². The van der Waals surface area contributed by atoms with E-state index in [1.807, 2.05) is 6.92 Å². The first kappa shape index (κ1) is 18.0. The maximum absolute atomic E-state index is 12.4. The Kier molecular flexibility index (Phi) is 6.24. The monoisotopic (exact) mass is 335 g/mol. The second kappa shape index (κ2) is 7.28. The molecule has 0 fully saturated rings. The van der Waals surface area contributed by atoms with Crippen molar-refractivity contribution < 1.29 is 18.3 Å². The normalized spacial score (nSPS) is 13.3. The Morgan fingerprint density at radius 3 is 2.62 bits per heavy atom. The summed E-state index contributed by atoms with van der Waals surface area (Å²) in [6.45, 7) is 6.57. The SMILES string of the molecule is CCSCC(C)NS(=O)(=O)c1c(C)nn(CC(=O)O)c1C. The van der Waals surface area contributed by atoms with Gasteiger partial charge in [0, 0.05) is 11.8 Å². The smallest absolute Gasteiger partial charge is 0.325 e. The van der Waals surface area contributed by atoms with E-state index >= 15 is 0 Å². The van der Waals surface area contributed by atoms with E-state index in [0.29, 0.717) is 17.1 Å². The highest BCUT2D eigenvalue weighted by Crippen LogP contribution is 2.20. The number of aromatic nitrogens is 2. The first-order valence-electron chi connectivity index (χ1n) is 6.55. The number of carboxylic acid groups (broad SMARTS) is 1. The van der Waals surface area contributed by atoms with Gasteiger partial charge in [-0.1, -0.05) is 6.92 Å². The van der Waals surface area contributed by atoms with Gasteiger partial charge < -0.3 is 5.11 Å². The van der Waals surface area contributed by atoms with Crippen molar-refractivity contribution in [3.8, 4) is 0 Å². The fraction of sp³-hybridized carbons (Fsp3) is 0.667. The number of carbonyl (C=O) groups is 1. The van der Waals surface area contributed by atoms with Crippen LogP contribution in [0.2, 0.25) is 0 Å². The van der Waals surface area contributed by atoms with Crippen LogP contribution >= 0.6 is 11.8 Å². The molecule has 7 nitrogen and oxygen atoms in total. The van der Waals surface area contributed by atoms with Crippen LogP contribution in [-0.4, -0.2) is 46.8 Å². The van der Waals surface area contributed by atoms with E-state index in [4.69, 9.17) is 5.11 Å². The van der Waals surface area contributed by atoms with Crippen molar-refractivity contribution in [1.82, 2.24) is 14.5 Å². The van der Waals surface area contributed by atoms with Gasteiger partial charge in [-0.3, -0.25) is 9.48 Å². The molecule has 1 rings (SSSR count). The van der Waals surface area contributed by atoms with Crippen LogP contribution in [0.1, 0.15) is 25.2 Å². The third kappa shape index (κ3) is 4.72. The summed E-state index contributed by atoms with van der Waals surface area (Å²) in [7, 11) is -3.71. The highest BCUT2D eigenvalue weighted by atomic mass is 32.2. The van der Waals surface area contributed by atoms with E-state index in [9.17, 15) is 13.2 Å². The fourth-order valence-electron chi connectivity index (χ4n) is 2.00. The molecule has 1 aromatic heterocycles. The number of rotatable bonds is 8. The second-order valence-electron chi connectivity index (χ2n) is 4.73. The molecule has 1 aromatic rings. The minimum Gasteiger partial charge on any atom is -0.480 e. The molecule has 1 heterocycles. The molecule has 21 heavy (non-hydrogen) atoms. The molecule has 0 saturated carbocycles.